The first-order chi connectivity index (χ1) is 32.7. The fourth-order valence-corrected chi connectivity index (χ4v) is 9.64. The number of fused-ring (bicyclic) bond motifs is 7. The van der Waals surface area contributed by atoms with Gasteiger partial charge in [0.25, 0.3) is 0 Å². The van der Waals surface area contributed by atoms with Crippen molar-refractivity contribution in [2.75, 3.05) is 0 Å². The van der Waals surface area contributed by atoms with Gasteiger partial charge in [0.1, 0.15) is 11.2 Å². The van der Waals surface area contributed by atoms with E-state index >= 15 is 0 Å². The Hall–Kier alpha value is -8.93. The normalized spacial score (nSPS) is 11.6. The molecule has 0 N–H and O–H groups in total. The Balaban J connectivity index is 1.05. The van der Waals surface area contributed by atoms with E-state index in [1.54, 1.807) is 0 Å². The van der Waals surface area contributed by atoms with Gasteiger partial charge in [-0.1, -0.05) is 194 Å². The van der Waals surface area contributed by atoms with E-state index in [0.29, 0.717) is 17.5 Å². The highest BCUT2D eigenvalue weighted by Crippen LogP contribution is 2.44. The zero-order chi connectivity index (χ0) is 43.6. The minimum atomic E-state index is 0.575. The van der Waals surface area contributed by atoms with Crippen LogP contribution in [0.1, 0.15) is 0 Å². The van der Waals surface area contributed by atoms with Crippen molar-refractivity contribution in [2.24, 2.45) is 0 Å². The van der Waals surface area contributed by atoms with E-state index in [0.717, 1.165) is 83.2 Å². The van der Waals surface area contributed by atoms with Gasteiger partial charge in [0, 0.05) is 49.9 Å². The molecule has 3 heterocycles. The van der Waals surface area contributed by atoms with Gasteiger partial charge in [-0.05, 0) is 68.9 Å². The number of aromatic nitrogens is 4. The van der Waals surface area contributed by atoms with Crippen LogP contribution < -0.4 is 0 Å². The molecule has 0 saturated heterocycles. The Morgan fingerprint density at radius 3 is 1.48 bits per heavy atom. The van der Waals surface area contributed by atoms with Gasteiger partial charge < -0.3 is 8.98 Å². The number of benzene rings is 10. The SMILES string of the molecule is c1ccc(-c2ccc(-c3nc(-c4ccccc4)nc(-c4cccc5oc6cc(-n7c8ccccc8c8cc9ccccc9cc87)c(-c7ccc(-c8ccccc8)cc7)cc6c45)n3)cc2)cc1. The fraction of sp³-hybridized carbons (Fsp3) is 0. The molecule has 13 rings (SSSR count). The monoisotopic (exact) mass is 842 g/mol. The summed E-state index contributed by atoms with van der Waals surface area (Å²) < 4.78 is 9.33. The van der Waals surface area contributed by atoms with Crippen LogP contribution in [-0.4, -0.2) is 19.5 Å². The Labute approximate surface area is 380 Å². The number of hydrogen-bond donors (Lipinski definition) is 0. The molecule has 0 saturated carbocycles. The van der Waals surface area contributed by atoms with Gasteiger partial charge in [-0.2, -0.15) is 0 Å². The molecule has 0 radical (unpaired) electrons. The molecule has 0 aliphatic carbocycles. The Kier molecular flexibility index (Phi) is 8.78. The molecule has 308 valence electrons. The average molecular weight is 843 g/mol. The highest BCUT2D eigenvalue weighted by molar-refractivity contribution is 6.16. The minimum absolute atomic E-state index is 0.575. The number of para-hydroxylation sites is 1. The zero-order valence-electron chi connectivity index (χ0n) is 35.6. The number of furan rings is 1. The zero-order valence-corrected chi connectivity index (χ0v) is 35.6. The van der Waals surface area contributed by atoms with Crippen molar-refractivity contribution in [1.82, 2.24) is 19.5 Å². The molecule has 10 aromatic carbocycles. The molecule has 13 aromatic rings. The van der Waals surface area contributed by atoms with Crippen molar-refractivity contribution in [1.29, 1.82) is 0 Å². The van der Waals surface area contributed by atoms with Crippen molar-refractivity contribution in [3.05, 3.63) is 231 Å². The molecule has 0 unspecified atom stereocenters. The maximum Gasteiger partial charge on any atom is 0.164 e. The van der Waals surface area contributed by atoms with E-state index in [9.17, 15) is 0 Å². The molecule has 0 bridgehead atoms. The lowest BCUT2D eigenvalue weighted by Gasteiger charge is -2.15. The highest BCUT2D eigenvalue weighted by Gasteiger charge is 2.23. The molecule has 5 nitrogen and oxygen atoms in total. The Morgan fingerprint density at radius 1 is 0.303 bits per heavy atom. The summed E-state index contributed by atoms with van der Waals surface area (Å²) in [6, 6.07) is 81.1. The maximum absolute atomic E-state index is 6.92. The first kappa shape index (κ1) is 37.6. The summed E-state index contributed by atoms with van der Waals surface area (Å²) in [5.74, 6) is 1.78. The highest BCUT2D eigenvalue weighted by atomic mass is 16.3. The predicted octanol–water partition coefficient (Wildman–Crippen LogP) is 16.0. The quantitative estimate of drug-likeness (QED) is 0.160. The molecule has 0 aliphatic rings. The second-order valence-corrected chi connectivity index (χ2v) is 16.8. The molecule has 0 spiro atoms. The predicted molar refractivity (Wildman–Crippen MR) is 272 cm³/mol. The van der Waals surface area contributed by atoms with Gasteiger partial charge in [0.2, 0.25) is 0 Å². The van der Waals surface area contributed by atoms with E-state index < -0.39 is 0 Å². The third-order valence-electron chi connectivity index (χ3n) is 12.9. The molecule has 0 atom stereocenters. The largest absolute Gasteiger partial charge is 0.456 e. The second kappa shape index (κ2) is 15.4. The molecule has 66 heavy (non-hydrogen) atoms. The van der Waals surface area contributed by atoms with Crippen LogP contribution in [0.3, 0.4) is 0 Å². The van der Waals surface area contributed by atoms with Gasteiger partial charge in [-0.3, -0.25) is 0 Å². The number of nitrogens with zero attached hydrogens (tertiary/aromatic N) is 4. The van der Waals surface area contributed by atoms with Crippen LogP contribution in [-0.2, 0) is 0 Å². The van der Waals surface area contributed by atoms with E-state index in [1.165, 1.54) is 27.1 Å². The van der Waals surface area contributed by atoms with Gasteiger partial charge >= 0.3 is 0 Å². The van der Waals surface area contributed by atoms with Crippen LogP contribution in [0.5, 0.6) is 0 Å². The lowest BCUT2D eigenvalue weighted by Crippen LogP contribution is -2.00. The number of rotatable bonds is 7. The van der Waals surface area contributed by atoms with E-state index in [-0.39, 0.29) is 0 Å². The van der Waals surface area contributed by atoms with Crippen LogP contribution >= 0.6 is 0 Å². The van der Waals surface area contributed by atoms with Crippen molar-refractivity contribution in [2.45, 2.75) is 0 Å². The Morgan fingerprint density at radius 2 is 0.818 bits per heavy atom. The lowest BCUT2D eigenvalue weighted by atomic mass is 9.96. The Bertz CT molecular complexity index is 3950. The van der Waals surface area contributed by atoms with E-state index in [2.05, 4.69) is 187 Å². The summed E-state index contributed by atoms with van der Waals surface area (Å²) >= 11 is 0. The van der Waals surface area contributed by atoms with Crippen molar-refractivity contribution in [3.8, 4) is 73.2 Å². The molecule has 0 amide bonds. The third kappa shape index (κ3) is 6.36. The van der Waals surface area contributed by atoms with Crippen LogP contribution in [0.15, 0.2) is 235 Å². The maximum atomic E-state index is 6.92. The average Bonchev–Trinajstić information content (AvgIpc) is 3.93. The fourth-order valence-electron chi connectivity index (χ4n) is 9.64. The van der Waals surface area contributed by atoms with Gasteiger partial charge in [-0.15, -0.1) is 0 Å². The summed E-state index contributed by atoms with van der Waals surface area (Å²) in [4.78, 5) is 15.5. The molecule has 5 heteroatoms. The van der Waals surface area contributed by atoms with Crippen molar-refractivity contribution < 1.29 is 4.42 Å². The van der Waals surface area contributed by atoms with Crippen LogP contribution in [0, 0.1) is 0 Å². The molecule has 3 aromatic heterocycles. The van der Waals surface area contributed by atoms with E-state index in [4.69, 9.17) is 19.4 Å². The number of hydrogen-bond acceptors (Lipinski definition) is 4. The first-order valence-corrected chi connectivity index (χ1v) is 22.3. The van der Waals surface area contributed by atoms with Crippen LogP contribution in [0.25, 0.3) is 128 Å². The molecule has 0 fully saturated rings. The second-order valence-electron chi connectivity index (χ2n) is 16.8. The summed E-state index contributed by atoms with van der Waals surface area (Å²) in [6.07, 6.45) is 0. The van der Waals surface area contributed by atoms with E-state index in [1.807, 2.05) is 48.5 Å². The van der Waals surface area contributed by atoms with Crippen molar-refractivity contribution >= 4 is 54.5 Å². The summed E-state index contributed by atoms with van der Waals surface area (Å²) in [5.41, 5.74) is 14.3. The molecular formula is C61H38N4O. The topological polar surface area (TPSA) is 56.7 Å². The van der Waals surface area contributed by atoms with Crippen molar-refractivity contribution in [3.63, 3.8) is 0 Å². The summed E-state index contributed by atoms with van der Waals surface area (Å²) in [7, 11) is 0. The standard InChI is InChI=1S/C61H38N4O/c1-4-15-39(16-5-1)41-27-31-43(32-28-41)50-37-52-57(38-55(50)65-53-25-13-12-23-48(53)51-35-46-21-10-11-22-47(46)36-54(51)65)66-56-26-14-24-49(58(52)56)61-63-59(44-19-8-3-9-20-44)62-60(64-61)45-33-29-42(30-34-45)40-17-6-2-7-18-40/h1-38H. The smallest absolute Gasteiger partial charge is 0.164 e. The first-order valence-electron chi connectivity index (χ1n) is 22.3. The lowest BCUT2D eigenvalue weighted by molar-refractivity contribution is 0.668. The summed E-state index contributed by atoms with van der Waals surface area (Å²) in [5, 5.41) is 6.74. The summed E-state index contributed by atoms with van der Waals surface area (Å²) in [6.45, 7) is 0. The van der Waals surface area contributed by atoms with Gasteiger partial charge in [0.15, 0.2) is 17.5 Å². The van der Waals surface area contributed by atoms with Crippen LogP contribution in [0.4, 0.5) is 0 Å². The molecule has 0 aliphatic heterocycles. The van der Waals surface area contributed by atoms with Gasteiger partial charge in [0.05, 0.1) is 16.7 Å². The minimum Gasteiger partial charge on any atom is -0.456 e. The van der Waals surface area contributed by atoms with Crippen LogP contribution in [0.2, 0.25) is 0 Å². The molecular weight excluding hydrogens is 805 g/mol. The third-order valence-corrected chi connectivity index (χ3v) is 12.9. The van der Waals surface area contributed by atoms with Gasteiger partial charge in [-0.25, -0.2) is 15.0 Å².